The van der Waals surface area contributed by atoms with Gasteiger partial charge in [0.2, 0.25) is 0 Å². The minimum atomic E-state index is -0.288. The molecule has 1 N–H and O–H groups in total. The number of rotatable bonds is 4. The Balaban J connectivity index is 1.36. The van der Waals surface area contributed by atoms with E-state index in [1.807, 2.05) is 42.4 Å². The first-order chi connectivity index (χ1) is 13.1. The predicted octanol–water partition coefficient (Wildman–Crippen LogP) is 3.01. The van der Waals surface area contributed by atoms with Gasteiger partial charge in [-0.05, 0) is 54.8 Å². The summed E-state index contributed by atoms with van der Waals surface area (Å²) in [6.45, 7) is 5.98. The molecule has 5 nitrogen and oxygen atoms in total. The van der Waals surface area contributed by atoms with Crippen LogP contribution in [0.2, 0.25) is 0 Å². The third-order valence-electron chi connectivity index (χ3n) is 5.27. The van der Waals surface area contributed by atoms with Crippen molar-refractivity contribution in [3.8, 4) is 0 Å². The van der Waals surface area contributed by atoms with E-state index >= 15 is 0 Å². The van der Waals surface area contributed by atoms with Crippen molar-refractivity contribution in [3.63, 3.8) is 0 Å². The van der Waals surface area contributed by atoms with E-state index in [4.69, 9.17) is 0 Å². The average Bonchev–Trinajstić information content (AvgIpc) is 3.11. The smallest absolute Gasteiger partial charge is 0.270 e. The molecule has 3 aromatic rings. The molecule has 0 unspecified atom stereocenters. The van der Waals surface area contributed by atoms with Crippen molar-refractivity contribution in [1.82, 2.24) is 19.8 Å². The third kappa shape index (κ3) is 3.85. The molecule has 1 amide bonds. The van der Waals surface area contributed by atoms with E-state index < -0.39 is 0 Å². The van der Waals surface area contributed by atoms with E-state index in [0.717, 1.165) is 37.0 Å². The molecule has 1 aromatic carbocycles. The first kappa shape index (κ1) is 17.7. The lowest BCUT2D eigenvalue weighted by Crippen LogP contribution is -2.49. The van der Waals surface area contributed by atoms with Crippen LogP contribution in [0.25, 0.3) is 10.9 Å². The average molecular weight is 366 g/mol. The number of carbonyl (C=O) groups excluding carboxylic acids is 1. The zero-order valence-corrected chi connectivity index (χ0v) is 15.4. The number of aromatic nitrogens is 2. The van der Waals surface area contributed by atoms with Crippen LogP contribution < -0.4 is 0 Å². The number of pyridine rings is 1. The van der Waals surface area contributed by atoms with Crippen LogP contribution in [-0.2, 0) is 6.42 Å². The minimum absolute atomic E-state index is 0.0141. The van der Waals surface area contributed by atoms with Crippen molar-refractivity contribution in [1.29, 1.82) is 0 Å². The first-order valence-corrected chi connectivity index (χ1v) is 9.29. The highest BCUT2D eigenvalue weighted by Gasteiger charge is 2.23. The van der Waals surface area contributed by atoms with Crippen molar-refractivity contribution >= 4 is 16.8 Å². The molecule has 6 heteroatoms. The number of aromatic amines is 1. The van der Waals surface area contributed by atoms with Crippen LogP contribution in [-0.4, -0.2) is 58.4 Å². The lowest BCUT2D eigenvalue weighted by atomic mass is 10.1. The van der Waals surface area contributed by atoms with Gasteiger partial charge in [0, 0.05) is 56.0 Å². The molecule has 0 atom stereocenters. The highest BCUT2D eigenvalue weighted by atomic mass is 19.1. The Morgan fingerprint density at radius 1 is 1.15 bits per heavy atom. The molecule has 0 radical (unpaired) electrons. The minimum Gasteiger partial charge on any atom is -0.350 e. The summed E-state index contributed by atoms with van der Waals surface area (Å²) in [6, 6.07) is 8.85. The fourth-order valence-corrected chi connectivity index (χ4v) is 3.67. The molecule has 3 heterocycles. The highest BCUT2D eigenvalue weighted by Crippen LogP contribution is 2.22. The van der Waals surface area contributed by atoms with E-state index in [2.05, 4.69) is 14.9 Å². The summed E-state index contributed by atoms with van der Waals surface area (Å²) in [4.78, 5) is 24.2. The monoisotopic (exact) mass is 366 g/mol. The molecule has 1 fully saturated rings. The Kier molecular flexibility index (Phi) is 4.90. The van der Waals surface area contributed by atoms with Gasteiger partial charge in [0.15, 0.2) is 0 Å². The number of aryl methyl sites for hydroxylation is 1. The lowest BCUT2D eigenvalue weighted by Gasteiger charge is -2.34. The molecule has 0 aliphatic carbocycles. The van der Waals surface area contributed by atoms with Crippen LogP contribution in [0.4, 0.5) is 4.39 Å². The van der Waals surface area contributed by atoms with Crippen molar-refractivity contribution in [2.24, 2.45) is 0 Å². The number of piperazine rings is 1. The normalized spacial score (nSPS) is 15.4. The van der Waals surface area contributed by atoms with Gasteiger partial charge in [0.1, 0.15) is 11.5 Å². The zero-order valence-electron chi connectivity index (χ0n) is 15.4. The predicted molar refractivity (Wildman–Crippen MR) is 103 cm³/mol. The first-order valence-electron chi connectivity index (χ1n) is 9.29. The fraction of sp³-hybridized carbons (Fsp3) is 0.333. The molecule has 4 rings (SSSR count). The van der Waals surface area contributed by atoms with Crippen molar-refractivity contribution in [2.45, 2.75) is 13.3 Å². The molecule has 0 spiro atoms. The van der Waals surface area contributed by atoms with Gasteiger partial charge in [-0.25, -0.2) is 4.39 Å². The number of hydrogen-bond acceptors (Lipinski definition) is 3. The van der Waals surface area contributed by atoms with E-state index in [-0.39, 0.29) is 11.7 Å². The van der Waals surface area contributed by atoms with Crippen molar-refractivity contribution in [3.05, 3.63) is 65.4 Å². The van der Waals surface area contributed by atoms with Gasteiger partial charge < -0.3 is 9.88 Å². The Morgan fingerprint density at radius 2 is 1.89 bits per heavy atom. The van der Waals surface area contributed by atoms with Gasteiger partial charge in [-0.3, -0.25) is 14.7 Å². The molecule has 1 saturated heterocycles. The Labute approximate surface area is 157 Å². The number of nitrogens with one attached hydrogen (secondary N) is 1. The topological polar surface area (TPSA) is 52.2 Å². The zero-order chi connectivity index (χ0) is 18.8. The van der Waals surface area contributed by atoms with Crippen LogP contribution in [0.5, 0.6) is 0 Å². The summed E-state index contributed by atoms with van der Waals surface area (Å²) in [5.41, 5.74) is 3.32. The second-order valence-corrected chi connectivity index (χ2v) is 7.11. The summed E-state index contributed by atoms with van der Waals surface area (Å²) >= 11 is 0. The number of benzene rings is 1. The highest BCUT2D eigenvalue weighted by molar-refractivity contribution is 5.98. The van der Waals surface area contributed by atoms with E-state index in [1.54, 1.807) is 0 Å². The largest absolute Gasteiger partial charge is 0.350 e. The summed E-state index contributed by atoms with van der Waals surface area (Å²) in [7, 11) is 0. The molecule has 0 saturated carbocycles. The van der Waals surface area contributed by atoms with Crippen molar-refractivity contribution < 1.29 is 9.18 Å². The molecule has 140 valence electrons. The molecular weight excluding hydrogens is 343 g/mol. The standard InChI is InChI=1S/C21H23FN4O/c1-15-12-17(22)13-19-18(15)14-20(24-19)21(27)26-10-8-25(9-11-26)7-4-16-2-5-23-6-3-16/h2-3,5-6,12-14,24H,4,7-11H2,1H3. The summed E-state index contributed by atoms with van der Waals surface area (Å²) in [5, 5.41) is 0.899. The SMILES string of the molecule is Cc1cc(F)cc2[nH]c(C(=O)N3CCN(CCc4ccncc4)CC3)cc12. The van der Waals surface area contributed by atoms with E-state index in [9.17, 15) is 9.18 Å². The number of amides is 1. The number of halogens is 1. The number of nitrogens with zero attached hydrogens (tertiary/aromatic N) is 3. The number of fused-ring (bicyclic) bond motifs is 1. The summed E-state index contributed by atoms with van der Waals surface area (Å²) in [5.74, 6) is -0.302. The summed E-state index contributed by atoms with van der Waals surface area (Å²) in [6.07, 6.45) is 4.63. The molecule has 2 aromatic heterocycles. The molecule has 1 aliphatic heterocycles. The van der Waals surface area contributed by atoms with Gasteiger partial charge >= 0.3 is 0 Å². The van der Waals surface area contributed by atoms with Gasteiger partial charge in [0.05, 0.1) is 0 Å². The Morgan fingerprint density at radius 3 is 2.63 bits per heavy atom. The maximum Gasteiger partial charge on any atom is 0.270 e. The Bertz CT molecular complexity index is 945. The second-order valence-electron chi connectivity index (χ2n) is 7.11. The molecule has 1 aliphatic rings. The van der Waals surface area contributed by atoms with Gasteiger partial charge in [-0.1, -0.05) is 0 Å². The molecular formula is C21H23FN4O. The quantitative estimate of drug-likeness (QED) is 0.772. The number of H-pyrrole nitrogens is 1. The maximum atomic E-state index is 13.6. The van der Waals surface area contributed by atoms with Crippen LogP contribution in [0.3, 0.4) is 0 Å². The van der Waals surface area contributed by atoms with Gasteiger partial charge in [-0.15, -0.1) is 0 Å². The van der Waals surface area contributed by atoms with Crippen LogP contribution >= 0.6 is 0 Å². The van der Waals surface area contributed by atoms with Crippen molar-refractivity contribution in [2.75, 3.05) is 32.7 Å². The second kappa shape index (κ2) is 7.48. The maximum absolute atomic E-state index is 13.6. The van der Waals surface area contributed by atoms with Crippen LogP contribution in [0.15, 0.2) is 42.7 Å². The third-order valence-corrected chi connectivity index (χ3v) is 5.27. The van der Waals surface area contributed by atoms with E-state index in [0.29, 0.717) is 24.3 Å². The van der Waals surface area contributed by atoms with Crippen LogP contribution in [0, 0.1) is 12.7 Å². The fourth-order valence-electron chi connectivity index (χ4n) is 3.67. The van der Waals surface area contributed by atoms with Gasteiger partial charge in [0.25, 0.3) is 5.91 Å². The summed E-state index contributed by atoms with van der Waals surface area (Å²) < 4.78 is 13.6. The van der Waals surface area contributed by atoms with Crippen LogP contribution in [0.1, 0.15) is 21.6 Å². The number of carbonyl (C=O) groups is 1. The molecule has 0 bridgehead atoms. The Hall–Kier alpha value is -2.73. The van der Waals surface area contributed by atoms with E-state index in [1.165, 1.54) is 17.7 Å². The van der Waals surface area contributed by atoms with Gasteiger partial charge in [-0.2, -0.15) is 0 Å². The molecule has 27 heavy (non-hydrogen) atoms. The number of hydrogen-bond donors (Lipinski definition) is 1. The lowest BCUT2D eigenvalue weighted by molar-refractivity contribution is 0.0633.